The van der Waals surface area contributed by atoms with E-state index in [9.17, 15) is 9.90 Å². The summed E-state index contributed by atoms with van der Waals surface area (Å²) in [6.07, 6.45) is 17.9. The van der Waals surface area contributed by atoms with Crippen LogP contribution in [0.15, 0.2) is 12.2 Å². The summed E-state index contributed by atoms with van der Waals surface area (Å²) in [5, 5.41) is 9.87. The van der Waals surface area contributed by atoms with Crippen LogP contribution in [0.4, 0.5) is 0 Å². The van der Waals surface area contributed by atoms with Crippen LogP contribution >= 0.6 is 0 Å². The van der Waals surface area contributed by atoms with Crippen molar-refractivity contribution in [1.82, 2.24) is 0 Å². The number of ketones is 1. The third-order valence-electron chi connectivity index (χ3n) is 4.28. The zero-order chi connectivity index (χ0) is 18.3. The number of aliphatic hydroxyl groups excluding tert-OH is 1. The zero-order valence-corrected chi connectivity index (χ0v) is 16.7. The Labute approximate surface area is 150 Å². The molecule has 0 fully saturated rings. The van der Waals surface area contributed by atoms with Crippen molar-refractivity contribution in [3.05, 3.63) is 12.2 Å². The van der Waals surface area contributed by atoms with Gasteiger partial charge in [0.1, 0.15) is 6.54 Å². The molecule has 142 valence electrons. The standard InChI is InChI=1S/C21H42NO2/c1-5-6-7-8-9-10-11-12-13-14-15-16-17-18-20(23)21(24)19-22(2,3)4/h10-11,21,24H,5-9,12-19H2,1-4H3/q+1/b11-10+. The average Bonchev–Trinajstić information content (AvgIpc) is 2.50. The number of carbonyl (C=O) groups excluding carboxylic acids is 1. The van der Waals surface area contributed by atoms with E-state index in [1.807, 2.05) is 21.1 Å². The molecule has 0 amide bonds. The van der Waals surface area contributed by atoms with Crippen LogP contribution in [0.2, 0.25) is 0 Å². The number of carbonyl (C=O) groups is 1. The lowest BCUT2D eigenvalue weighted by Crippen LogP contribution is -2.44. The van der Waals surface area contributed by atoms with Crippen molar-refractivity contribution in [1.29, 1.82) is 0 Å². The Morgan fingerprint density at radius 3 is 1.92 bits per heavy atom. The van der Waals surface area contributed by atoms with Gasteiger partial charge >= 0.3 is 0 Å². The molecule has 0 aromatic heterocycles. The molecule has 0 aromatic rings. The number of Topliss-reactive ketones (excluding diaryl/α,β-unsaturated/α-hetero) is 1. The summed E-state index contributed by atoms with van der Waals surface area (Å²) < 4.78 is 0.624. The molecule has 0 aliphatic rings. The molecule has 0 radical (unpaired) electrons. The van der Waals surface area contributed by atoms with Crippen molar-refractivity contribution >= 4 is 5.78 Å². The van der Waals surface area contributed by atoms with Crippen LogP contribution in [-0.2, 0) is 4.79 Å². The average molecular weight is 341 g/mol. The second-order valence-electron chi connectivity index (χ2n) is 8.08. The minimum Gasteiger partial charge on any atom is -0.380 e. The molecular weight excluding hydrogens is 298 g/mol. The van der Waals surface area contributed by atoms with Gasteiger partial charge in [-0.2, -0.15) is 0 Å². The summed E-state index contributed by atoms with van der Waals surface area (Å²) in [6.45, 7) is 2.75. The van der Waals surface area contributed by atoms with E-state index in [1.165, 1.54) is 57.8 Å². The molecule has 0 bridgehead atoms. The van der Waals surface area contributed by atoms with Crippen LogP contribution in [0.3, 0.4) is 0 Å². The quantitative estimate of drug-likeness (QED) is 0.247. The fraction of sp³-hybridized carbons (Fsp3) is 0.857. The van der Waals surface area contributed by atoms with Crippen LogP contribution in [0, 0.1) is 0 Å². The molecule has 0 rings (SSSR count). The molecule has 3 heteroatoms. The summed E-state index contributed by atoms with van der Waals surface area (Å²) in [5.41, 5.74) is 0. The number of hydrogen-bond acceptors (Lipinski definition) is 2. The van der Waals surface area contributed by atoms with E-state index < -0.39 is 6.10 Å². The van der Waals surface area contributed by atoms with Gasteiger partial charge in [0.25, 0.3) is 0 Å². The summed E-state index contributed by atoms with van der Waals surface area (Å²) in [4.78, 5) is 11.9. The van der Waals surface area contributed by atoms with Crippen LogP contribution in [0.25, 0.3) is 0 Å². The predicted octanol–water partition coefficient (Wildman–Crippen LogP) is 4.88. The summed E-state index contributed by atoms with van der Waals surface area (Å²) in [5.74, 6) is 0.00839. The lowest BCUT2D eigenvalue weighted by atomic mass is 10.0. The van der Waals surface area contributed by atoms with Crippen LogP contribution in [0.5, 0.6) is 0 Å². The van der Waals surface area contributed by atoms with Gasteiger partial charge in [0, 0.05) is 6.42 Å². The maximum Gasteiger partial charge on any atom is 0.167 e. The maximum absolute atomic E-state index is 11.9. The number of unbranched alkanes of at least 4 members (excludes halogenated alkanes) is 9. The van der Waals surface area contributed by atoms with Crippen LogP contribution in [-0.4, -0.2) is 49.2 Å². The molecule has 1 N–H and O–H groups in total. The molecule has 1 atom stereocenters. The Hall–Kier alpha value is -0.670. The fourth-order valence-electron chi connectivity index (χ4n) is 2.80. The number of aliphatic hydroxyl groups is 1. The highest BCUT2D eigenvalue weighted by Gasteiger charge is 2.21. The van der Waals surface area contributed by atoms with E-state index >= 15 is 0 Å². The SMILES string of the molecule is CCCCCC/C=C/CCCCCCCC(=O)C(O)C[N+](C)(C)C. The third-order valence-corrected chi connectivity index (χ3v) is 4.28. The molecule has 0 saturated carbocycles. The molecule has 0 aromatic carbocycles. The van der Waals surface area contributed by atoms with E-state index in [2.05, 4.69) is 19.1 Å². The van der Waals surface area contributed by atoms with Crippen LogP contribution < -0.4 is 0 Å². The Morgan fingerprint density at radius 2 is 1.38 bits per heavy atom. The van der Waals surface area contributed by atoms with Gasteiger partial charge in [0.2, 0.25) is 0 Å². The Balaban J connectivity index is 3.41. The molecule has 1 unspecified atom stereocenters. The highest BCUT2D eigenvalue weighted by Crippen LogP contribution is 2.10. The highest BCUT2D eigenvalue weighted by molar-refractivity contribution is 5.82. The van der Waals surface area contributed by atoms with Crippen molar-refractivity contribution in [3.8, 4) is 0 Å². The number of nitrogens with zero attached hydrogens (tertiary/aromatic N) is 1. The van der Waals surface area contributed by atoms with Gasteiger partial charge in [0.05, 0.1) is 21.1 Å². The van der Waals surface area contributed by atoms with Crippen molar-refractivity contribution in [2.75, 3.05) is 27.7 Å². The van der Waals surface area contributed by atoms with E-state index in [0.29, 0.717) is 17.4 Å². The van der Waals surface area contributed by atoms with Crippen LogP contribution in [0.1, 0.15) is 84.0 Å². The number of allylic oxidation sites excluding steroid dienone is 2. The number of hydrogen-bond donors (Lipinski definition) is 1. The molecule has 3 nitrogen and oxygen atoms in total. The number of quaternary nitrogens is 1. The van der Waals surface area contributed by atoms with E-state index in [-0.39, 0.29) is 5.78 Å². The second-order valence-corrected chi connectivity index (χ2v) is 8.08. The predicted molar refractivity (Wildman–Crippen MR) is 104 cm³/mol. The van der Waals surface area contributed by atoms with Gasteiger partial charge in [-0.15, -0.1) is 0 Å². The third kappa shape index (κ3) is 16.2. The minimum absolute atomic E-state index is 0.00839. The Kier molecular flexibility index (Phi) is 14.2. The monoisotopic (exact) mass is 340 g/mol. The molecule has 0 aliphatic heterocycles. The maximum atomic E-state index is 11.9. The normalized spacial score (nSPS) is 13.5. The lowest BCUT2D eigenvalue weighted by molar-refractivity contribution is -0.872. The van der Waals surface area contributed by atoms with Gasteiger partial charge in [-0.05, 0) is 32.1 Å². The van der Waals surface area contributed by atoms with E-state index in [1.54, 1.807) is 0 Å². The smallest absolute Gasteiger partial charge is 0.167 e. The topological polar surface area (TPSA) is 37.3 Å². The fourth-order valence-corrected chi connectivity index (χ4v) is 2.80. The van der Waals surface area contributed by atoms with Gasteiger partial charge in [0.15, 0.2) is 11.9 Å². The van der Waals surface area contributed by atoms with Gasteiger partial charge in [-0.25, -0.2) is 0 Å². The lowest BCUT2D eigenvalue weighted by Gasteiger charge is -2.26. The first-order valence-electron chi connectivity index (χ1n) is 10.0. The van der Waals surface area contributed by atoms with Gasteiger partial charge < -0.3 is 9.59 Å². The van der Waals surface area contributed by atoms with Crippen molar-refractivity contribution in [2.45, 2.75) is 90.1 Å². The largest absolute Gasteiger partial charge is 0.380 e. The first-order chi connectivity index (χ1) is 11.4. The Morgan fingerprint density at radius 1 is 0.875 bits per heavy atom. The minimum atomic E-state index is -0.799. The summed E-state index contributed by atoms with van der Waals surface area (Å²) >= 11 is 0. The van der Waals surface area contributed by atoms with E-state index in [4.69, 9.17) is 0 Å². The van der Waals surface area contributed by atoms with Crippen molar-refractivity contribution in [3.63, 3.8) is 0 Å². The molecule has 0 spiro atoms. The zero-order valence-electron chi connectivity index (χ0n) is 16.7. The molecule has 0 saturated heterocycles. The molecular formula is C21H42NO2+. The molecule has 0 aliphatic carbocycles. The summed E-state index contributed by atoms with van der Waals surface area (Å²) in [7, 11) is 5.99. The first-order valence-corrected chi connectivity index (χ1v) is 10.0. The molecule has 0 heterocycles. The van der Waals surface area contributed by atoms with Crippen molar-refractivity contribution in [2.24, 2.45) is 0 Å². The van der Waals surface area contributed by atoms with Crippen molar-refractivity contribution < 1.29 is 14.4 Å². The highest BCUT2D eigenvalue weighted by atomic mass is 16.3. The second kappa shape index (κ2) is 14.7. The van der Waals surface area contributed by atoms with Gasteiger partial charge in [-0.3, -0.25) is 4.79 Å². The molecule has 24 heavy (non-hydrogen) atoms. The Bertz CT molecular complexity index is 331. The number of rotatable bonds is 16. The van der Waals surface area contributed by atoms with E-state index in [0.717, 1.165) is 12.8 Å². The first kappa shape index (κ1) is 23.3. The van der Waals surface area contributed by atoms with Gasteiger partial charge in [-0.1, -0.05) is 57.6 Å². The number of likely N-dealkylation sites (N-methyl/N-ethyl adjacent to an activating group) is 1. The summed E-state index contributed by atoms with van der Waals surface area (Å²) in [6, 6.07) is 0.